The van der Waals surface area contributed by atoms with Crippen molar-refractivity contribution in [3.63, 3.8) is 0 Å². The maximum absolute atomic E-state index is 9.06. The molecule has 1 fully saturated rings. The second kappa shape index (κ2) is 4.94. The first-order valence-electron chi connectivity index (χ1n) is 5.29. The second-order valence-corrected chi connectivity index (χ2v) is 4.78. The molecule has 0 amide bonds. The molecule has 0 atom stereocenters. The van der Waals surface area contributed by atoms with E-state index in [1.807, 2.05) is 6.20 Å². The zero-order valence-electron chi connectivity index (χ0n) is 8.56. The quantitative estimate of drug-likeness (QED) is 0.912. The summed E-state index contributed by atoms with van der Waals surface area (Å²) in [5.41, 5.74) is 1.10. The molecule has 1 aromatic rings. The largest absolute Gasteiger partial charge is 0.395 e. The molecule has 1 aromatic heterocycles. The molecule has 4 heteroatoms. The van der Waals surface area contributed by atoms with Gasteiger partial charge in [0.05, 0.1) is 18.5 Å². The van der Waals surface area contributed by atoms with Crippen molar-refractivity contribution in [3.05, 3.63) is 22.9 Å². The van der Waals surface area contributed by atoms with Crippen molar-refractivity contribution in [1.29, 1.82) is 0 Å². The molecule has 15 heavy (non-hydrogen) atoms. The summed E-state index contributed by atoms with van der Waals surface area (Å²) < 4.78 is 0.988. The van der Waals surface area contributed by atoms with E-state index in [4.69, 9.17) is 5.11 Å². The van der Waals surface area contributed by atoms with Crippen LogP contribution in [-0.2, 0) is 0 Å². The first kappa shape index (κ1) is 10.9. The maximum Gasteiger partial charge on any atom is 0.0606 e. The van der Waals surface area contributed by atoms with Crippen LogP contribution in [0.5, 0.6) is 0 Å². The van der Waals surface area contributed by atoms with Crippen LogP contribution >= 0.6 is 15.9 Å². The lowest BCUT2D eigenvalue weighted by Crippen LogP contribution is -2.42. The maximum atomic E-state index is 9.06. The molecule has 0 aliphatic heterocycles. The zero-order valence-corrected chi connectivity index (χ0v) is 10.2. The first-order valence-corrected chi connectivity index (χ1v) is 6.08. The van der Waals surface area contributed by atoms with Gasteiger partial charge >= 0.3 is 0 Å². The molecule has 1 aliphatic rings. The minimum absolute atomic E-state index is 0.197. The van der Waals surface area contributed by atoms with E-state index in [2.05, 4.69) is 31.9 Å². The van der Waals surface area contributed by atoms with E-state index in [1.54, 1.807) is 6.20 Å². The third-order valence-electron chi connectivity index (χ3n) is 2.88. The summed E-state index contributed by atoms with van der Waals surface area (Å²) in [4.78, 5) is 6.41. The first-order chi connectivity index (χ1) is 7.31. The van der Waals surface area contributed by atoms with Gasteiger partial charge in [-0.1, -0.05) is 0 Å². The Bertz CT molecular complexity index is 328. The Morgan fingerprint density at radius 3 is 2.80 bits per heavy atom. The van der Waals surface area contributed by atoms with E-state index in [0.717, 1.165) is 10.2 Å². The van der Waals surface area contributed by atoms with Crippen LogP contribution in [0.3, 0.4) is 0 Å². The minimum Gasteiger partial charge on any atom is -0.395 e. The van der Waals surface area contributed by atoms with Gasteiger partial charge in [-0.15, -0.1) is 0 Å². The van der Waals surface area contributed by atoms with Gasteiger partial charge in [0.25, 0.3) is 0 Å². The SMILES string of the molecule is OCCN(c1cncc(Br)c1)C1CCC1. The van der Waals surface area contributed by atoms with E-state index in [0.29, 0.717) is 12.6 Å². The summed E-state index contributed by atoms with van der Waals surface area (Å²) in [7, 11) is 0. The monoisotopic (exact) mass is 270 g/mol. The van der Waals surface area contributed by atoms with Gasteiger partial charge in [-0.05, 0) is 41.3 Å². The van der Waals surface area contributed by atoms with Gasteiger partial charge in [0, 0.05) is 23.3 Å². The Hall–Kier alpha value is -0.610. The van der Waals surface area contributed by atoms with Crippen molar-refractivity contribution in [2.24, 2.45) is 0 Å². The van der Waals surface area contributed by atoms with Crippen LogP contribution < -0.4 is 4.90 Å². The average Bonchev–Trinajstić information content (AvgIpc) is 2.14. The van der Waals surface area contributed by atoms with Crippen molar-refractivity contribution < 1.29 is 5.11 Å². The Morgan fingerprint density at radius 1 is 1.47 bits per heavy atom. The number of anilines is 1. The number of aliphatic hydroxyl groups is 1. The smallest absolute Gasteiger partial charge is 0.0606 e. The summed E-state index contributed by atoms with van der Waals surface area (Å²) >= 11 is 3.42. The summed E-state index contributed by atoms with van der Waals surface area (Å²) in [6.45, 7) is 0.895. The van der Waals surface area contributed by atoms with Crippen LogP contribution in [-0.4, -0.2) is 29.3 Å². The molecule has 1 saturated carbocycles. The number of aromatic nitrogens is 1. The van der Waals surface area contributed by atoms with Gasteiger partial charge in [0.15, 0.2) is 0 Å². The second-order valence-electron chi connectivity index (χ2n) is 3.86. The average molecular weight is 271 g/mol. The Kier molecular flexibility index (Phi) is 3.59. The molecule has 1 aliphatic carbocycles. The Labute approximate surface area is 98.3 Å². The molecular formula is C11H15BrN2O. The fourth-order valence-corrected chi connectivity index (χ4v) is 2.24. The molecule has 1 heterocycles. The predicted molar refractivity (Wildman–Crippen MR) is 64.0 cm³/mol. The third-order valence-corrected chi connectivity index (χ3v) is 3.31. The van der Waals surface area contributed by atoms with E-state index in [1.165, 1.54) is 19.3 Å². The summed E-state index contributed by atoms with van der Waals surface area (Å²) in [5, 5.41) is 9.06. The van der Waals surface area contributed by atoms with Gasteiger partial charge in [0.1, 0.15) is 0 Å². The normalized spacial score (nSPS) is 16.1. The van der Waals surface area contributed by atoms with Gasteiger partial charge in [-0.2, -0.15) is 0 Å². The molecule has 0 radical (unpaired) electrons. The number of pyridine rings is 1. The number of hydrogen-bond acceptors (Lipinski definition) is 3. The number of aliphatic hydroxyl groups excluding tert-OH is 1. The van der Waals surface area contributed by atoms with Crippen molar-refractivity contribution in [2.75, 3.05) is 18.1 Å². The molecule has 0 spiro atoms. The van der Waals surface area contributed by atoms with Crippen molar-refractivity contribution >= 4 is 21.6 Å². The molecule has 0 bridgehead atoms. The Morgan fingerprint density at radius 2 is 2.27 bits per heavy atom. The molecule has 1 N–H and O–H groups in total. The minimum atomic E-state index is 0.197. The molecule has 82 valence electrons. The number of halogens is 1. The highest BCUT2D eigenvalue weighted by atomic mass is 79.9. The van der Waals surface area contributed by atoms with Crippen LogP contribution in [0.15, 0.2) is 22.9 Å². The van der Waals surface area contributed by atoms with Gasteiger partial charge in [-0.25, -0.2) is 0 Å². The van der Waals surface area contributed by atoms with Gasteiger partial charge < -0.3 is 10.0 Å². The van der Waals surface area contributed by atoms with Crippen molar-refractivity contribution in [1.82, 2.24) is 4.98 Å². The lowest BCUT2D eigenvalue weighted by Gasteiger charge is -2.38. The fourth-order valence-electron chi connectivity index (χ4n) is 1.89. The van der Waals surface area contributed by atoms with E-state index in [-0.39, 0.29) is 6.61 Å². The number of rotatable bonds is 4. The van der Waals surface area contributed by atoms with Crippen LogP contribution in [0, 0.1) is 0 Å². The standard InChI is InChI=1S/C11H15BrN2O/c12-9-6-11(8-13-7-9)14(4-5-15)10-2-1-3-10/h6-8,10,15H,1-5H2. The molecule has 0 saturated heterocycles. The molecule has 2 rings (SSSR count). The van der Waals surface area contributed by atoms with Crippen molar-refractivity contribution in [2.45, 2.75) is 25.3 Å². The van der Waals surface area contributed by atoms with E-state index >= 15 is 0 Å². The van der Waals surface area contributed by atoms with Crippen molar-refractivity contribution in [3.8, 4) is 0 Å². The number of nitrogens with zero attached hydrogens (tertiary/aromatic N) is 2. The summed E-state index contributed by atoms with van der Waals surface area (Å²) in [6, 6.07) is 2.65. The van der Waals surface area contributed by atoms with E-state index in [9.17, 15) is 0 Å². The zero-order chi connectivity index (χ0) is 10.7. The van der Waals surface area contributed by atoms with Gasteiger partial charge in [-0.3, -0.25) is 4.98 Å². The van der Waals surface area contributed by atoms with Crippen LogP contribution in [0.4, 0.5) is 5.69 Å². The number of hydrogen-bond donors (Lipinski definition) is 1. The van der Waals surface area contributed by atoms with Gasteiger partial charge in [0.2, 0.25) is 0 Å². The molecule has 3 nitrogen and oxygen atoms in total. The topological polar surface area (TPSA) is 36.4 Å². The predicted octanol–water partition coefficient (Wildman–Crippen LogP) is 2.20. The lowest BCUT2D eigenvalue weighted by molar-refractivity contribution is 0.283. The summed E-state index contributed by atoms with van der Waals surface area (Å²) in [6.07, 6.45) is 7.40. The van der Waals surface area contributed by atoms with Crippen LogP contribution in [0.25, 0.3) is 0 Å². The van der Waals surface area contributed by atoms with E-state index < -0.39 is 0 Å². The van der Waals surface area contributed by atoms with Crippen LogP contribution in [0.2, 0.25) is 0 Å². The molecule has 0 aromatic carbocycles. The molecule has 0 unspecified atom stereocenters. The molecular weight excluding hydrogens is 256 g/mol. The highest BCUT2D eigenvalue weighted by Gasteiger charge is 2.24. The third kappa shape index (κ3) is 2.49. The fraction of sp³-hybridized carbons (Fsp3) is 0.545. The van der Waals surface area contributed by atoms with Crippen LogP contribution in [0.1, 0.15) is 19.3 Å². The highest BCUT2D eigenvalue weighted by molar-refractivity contribution is 9.10. The Balaban J connectivity index is 2.15. The summed E-state index contributed by atoms with van der Waals surface area (Å²) in [5.74, 6) is 0. The lowest BCUT2D eigenvalue weighted by atomic mass is 9.91. The highest BCUT2D eigenvalue weighted by Crippen LogP contribution is 2.29.